The van der Waals surface area contributed by atoms with Crippen LogP contribution in [0.3, 0.4) is 0 Å². The van der Waals surface area contributed by atoms with Gasteiger partial charge in [0.25, 0.3) is 5.91 Å². The van der Waals surface area contributed by atoms with Crippen LogP contribution in [0.4, 0.5) is 10.2 Å². The fourth-order valence-corrected chi connectivity index (χ4v) is 3.69. The summed E-state index contributed by atoms with van der Waals surface area (Å²) in [5.74, 6) is 4.17. The quantitative estimate of drug-likeness (QED) is 0.648. The predicted octanol–water partition coefficient (Wildman–Crippen LogP) is 2.30. The van der Waals surface area contributed by atoms with Gasteiger partial charge in [0.15, 0.2) is 11.6 Å². The van der Waals surface area contributed by atoms with Gasteiger partial charge in [-0.3, -0.25) is 4.79 Å². The average Bonchev–Trinajstić information content (AvgIpc) is 2.96. The average molecular weight is 292 g/mol. The van der Waals surface area contributed by atoms with Gasteiger partial charge >= 0.3 is 0 Å². The van der Waals surface area contributed by atoms with Crippen molar-refractivity contribution >= 4 is 11.7 Å². The monoisotopic (exact) mass is 292 g/mol. The molecule has 1 saturated heterocycles. The highest BCUT2D eigenvalue weighted by Crippen LogP contribution is 2.46. The van der Waals surface area contributed by atoms with Crippen molar-refractivity contribution in [1.29, 1.82) is 0 Å². The van der Waals surface area contributed by atoms with Crippen molar-refractivity contribution in [3.63, 3.8) is 0 Å². The lowest BCUT2D eigenvalue weighted by molar-refractivity contribution is 0.0583. The van der Waals surface area contributed by atoms with Gasteiger partial charge in [0.1, 0.15) is 0 Å². The van der Waals surface area contributed by atoms with Gasteiger partial charge in [-0.25, -0.2) is 15.2 Å². The molecule has 1 spiro atoms. The van der Waals surface area contributed by atoms with Crippen LogP contribution in [0, 0.1) is 11.2 Å². The maximum atomic E-state index is 14.1. The first-order chi connectivity index (χ1) is 10.2. The third kappa shape index (κ3) is 2.60. The number of carbonyl (C=O) groups is 1. The fraction of sp³-hybridized carbons (Fsp3) is 0.600. The SMILES string of the molecule is NNc1nccc(C(=O)N2CCC3(CCCC3)CC2)c1F. The molecule has 3 rings (SSSR count). The summed E-state index contributed by atoms with van der Waals surface area (Å²) in [6, 6.07) is 1.42. The van der Waals surface area contributed by atoms with Gasteiger partial charge in [-0.2, -0.15) is 0 Å². The molecule has 0 aromatic carbocycles. The predicted molar refractivity (Wildman–Crippen MR) is 78.0 cm³/mol. The molecule has 5 nitrogen and oxygen atoms in total. The minimum absolute atomic E-state index is 0.0420. The van der Waals surface area contributed by atoms with E-state index in [4.69, 9.17) is 5.84 Å². The first kappa shape index (κ1) is 14.3. The molecule has 1 saturated carbocycles. The summed E-state index contributed by atoms with van der Waals surface area (Å²) in [7, 11) is 0. The van der Waals surface area contributed by atoms with E-state index in [-0.39, 0.29) is 17.3 Å². The van der Waals surface area contributed by atoms with Gasteiger partial charge < -0.3 is 10.3 Å². The second-order valence-electron chi connectivity index (χ2n) is 6.16. The second kappa shape index (κ2) is 5.60. The van der Waals surface area contributed by atoms with E-state index in [0.29, 0.717) is 18.5 Å². The number of anilines is 1. The molecule has 21 heavy (non-hydrogen) atoms. The minimum Gasteiger partial charge on any atom is -0.339 e. The highest BCUT2D eigenvalue weighted by Gasteiger charge is 2.38. The Bertz CT molecular complexity index is 532. The molecule has 0 radical (unpaired) electrons. The van der Waals surface area contributed by atoms with Crippen LogP contribution >= 0.6 is 0 Å². The lowest BCUT2D eigenvalue weighted by atomic mass is 9.77. The lowest BCUT2D eigenvalue weighted by Gasteiger charge is -2.39. The molecule has 2 aliphatic rings. The molecule has 0 bridgehead atoms. The van der Waals surface area contributed by atoms with Gasteiger partial charge in [-0.05, 0) is 37.2 Å². The molecule has 3 N–H and O–H groups in total. The van der Waals surface area contributed by atoms with Crippen molar-refractivity contribution in [3.8, 4) is 0 Å². The molecular weight excluding hydrogens is 271 g/mol. The van der Waals surface area contributed by atoms with Crippen molar-refractivity contribution < 1.29 is 9.18 Å². The Balaban J connectivity index is 1.72. The Morgan fingerprint density at radius 3 is 2.57 bits per heavy atom. The summed E-state index contributed by atoms with van der Waals surface area (Å²) in [5.41, 5.74) is 2.66. The number of nitrogens with two attached hydrogens (primary N) is 1. The van der Waals surface area contributed by atoms with Crippen LogP contribution in [0.15, 0.2) is 12.3 Å². The maximum Gasteiger partial charge on any atom is 0.257 e. The molecule has 6 heteroatoms. The molecule has 0 unspecified atom stereocenters. The Kier molecular flexibility index (Phi) is 3.80. The maximum absolute atomic E-state index is 14.1. The van der Waals surface area contributed by atoms with Gasteiger partial charge in [0, 0.05) is 19.3 Å². The molecule has 1 amide bonds. The number of piperidine rings is 1. The summed E-state index contributed by atoms with van der Waals surface area (Å²) in [5, 5.41) is 0. The summed E-state index contributed by atoms with van der Waals surface area (Å²) in [4.78, 5) is 18.0. The zero-order chi connectivity index (χ0) is 14.9. The number of hydrogen-bond donors (Lipinski definition) is 2. The smallest absolute Gasteiger partial charge is 0.257 e. The van der Waals surface area contributed by atoms with Crippen LogP contribution in [0.1, 0.15) is 48.9 Å². The zero-order valence-corrected chi connectivity index (χ0v) is 12.1. The number of nitrogens with zero attached hydrogens (tertiary/aromatic N) is 2. The number of halogens is 1. The highest BCUT2D eigenvalue weighted by molar-refractivity contribution is 5.95. The Morgan fingerprint density at radius 2 is 1.95 bits per heavy atom. The van der Waals surface area contributed by atoms with Gasteiger partial charge in [-0.15, -0.1) is 0 Å². The number of hydrogen-bond acceptors (Lipinski definition) is 4. The molecule has 1 aliphatic heterocycles. The lowest BCUT2D eigenvalue weighted by Crippen LogP contribution is -2.42. The van der Waals surface area contributed by atoms with Gasteiger partial charge in [0.2, 0.25) is 0 Å². The Hall–Kier alpha value is -1.69. The summed E-state index contributed by atoms with van der Waals surface area (Å²) in [6.07, 6.45) is 8.63. The zero-order valence-electron chi connectivity index (χ0n) is 12.1. The van der Waals surface area contributed by atoms with E-state index >= 15 is 0 Å². The molecule has 114 valence electrons. The molecule has 1 aromatic heterocycles. The molecular formula is C15H21FN4O. The number of hydrazine groups is 1. The first-order valence-corrected chi connectivity index (χ1v) is 7.56. The van der Waals surface area contributed by atoms with Crippen LogP contribution in [-0.2, 0) is 0 Å². The topological polar surface area (TPSA) is 71.2 Å². The minimum atomic E-state index is -0.675. The van der Waals surface area contributed by atoms with E-state index in [1.807, 2.05) is 0 Å². The van der Waals surface area contributed by atoms with E-state index in [0.717, 1.165) is 12.8 Å². The molecule has 2 fully saturated rings. The van der Waals surface area contributed by atoms with Crippen LogP contribution in [0.25, 0.3) is 0 Å². The van der Waals surface area contributed by atoms with Crippen molar-refractivity contribution in [3.05, 3.63) is 23.6 Å². The number of nitrogen functional groups attached to an aromatic ring is 1. The van der Waals surface area contributed by atoms with Crippen LogP contribution in [-0.4, -0.2) is 28.9 Å². The van der Waals surface area contributed by atoms with Crippen molar-refractivity contribution in [1.82, 2.24) is 9.88 Å². The second-order valence-corrected chi connectivity index (χ2v) is 6.16. The Labute approximate surface area is 123 Å². The number of amides is 1. The fourth-order valence-electron chi connectivity index (χ4n) is 3.69. The third-order valence-electron chi connectivity index (χ3n) is 5.03. The van der Waals surface area contributed by atoms with E-state index in [1.54, 1.807) is 4.90 Å². The normalized spacial score (nSPS) is 20.8. The van der Waals surface area contributed by atoms with Crippen molar-refractivity contribution in [2.45, 2.75) is 38.5 Å². The number of pyridine rings is 1. The standard InChI is InChI=1S/C15H21FN4O/c16-12-11(3-8-18-13(12)19-17)14(21)20-9-6-15(7-10-20)4-1-2-5-15/h3,8H,1-2,4-7,9-10,17H2,(H,18,19). The number of aromatic nitrogens is 1. The van der Waals surface area contributed by atoms with E-state index in [9.17, 15) is 9.18 Å². The first-order valence-electron chi connectivity index (χ1n) is 7.56. The Morgan fingerprint density at radius 1 is 1.29 bits per heavy atom. The van der Waals surface area contributed by atoms with Crippen LogP contribution < -0.4 is 11.3 Å². The van der Waals surface area contributed by atoms with Crippen molar-refractivity contribution in [2.24, 2.45) is 11.3 Å². The van der Waals surface area contributed by atoms with Gasteiger partial charge in [-0.1, -0.05) is 12.8 Å². The largest absolute Gasteiger partial charge is 0.339 e. The number of likely N-dealkylation sites (tertiary alicyclic amines) is 1. The third-order valence-corrected chi connectivity index (χ3v) is 5.03. The highest BCUT2D eigenvalue weighted by atomic mass is 19.1. The number of rotatable bonds is 2. The molecule has 0 atom stereocenters. The number of nitrogens with one attached hydrogen (secondary N) is 1. The summed E-state index contributed by atoms with van der Waals surface area (Å²) < 4.78 is 14.1. The summed E-state index contributed by atoms with van der Waals surface area (Å²) in [6.45, 7) is 1.43. The van der Waals surface area contributed by atoms with Crippen LogP contribution in [0.5, 0.6) is 0 Å². The molecule has 2 heterocycles. The van der Waals surface area contributed by atoms with E-state index in [2.05, 4.69) is 10.4 Å². The molecule has 1 aromatic rings. The summed E-state index contributed by atoms with van der Waals surface area (Å²) >= 11 is 0. The van der Waals surface area contributed by atoms with E-state index in [1.165, 1.54) is 37.9 Å². The van der Waals surface area contributed by atoms with E-state index < -0.39 is 5.82 Å². The van der Waals surface area contributed by atoms with Gasteiger partial charge in [0.05, 0.1) is 5.56 Å². The van der Waals surface area contributed by atoms with Crippen molar-refractivity contribution in [2.75, 3.05) is 18.5 Å². The van der Waals surface area contributed by atoms with Crippen LogP contribution in [0.2, 0.25) is 0 Å². The molecule has 1 aliphatic carbocycles. The number of carbonyl (C=O) groups excluding carboxylic acids is 1.